The largest absolute Gasteiger partial charge is 0.387 e. The van der Waals surface area contributed by atoms with E-state index in [0.717, 1.165) is 19.2 Å². The number of rotatable bonds is 4. The number of halogens is 1. The van der Waals surface area contributed by atoms with Crippen molar-refractivity contribution in [2.75, 3.05) is 45.9 Å². The summed E-state index contributed by atoms with van der Waals surface area (Å²) in [5.41, 5.74) is -1.10. The number of nitrogens with zero attached hydrogens (tertiary/aromatic N) is 2. The summed E-state index contributed by atoms with van der Waals surface area (Å²) in [5.74, 6) is -0.767. The van der Waals surface area contributed by atoms with Crippen LogP contribution in [0.5, 0.6) is 0 Å². The van der Waals surface area contributed by atoms with Crippen molar-refractivity contribution in [2.45, 2.75) is 16.9 Å². The van der Waals surface area contributed by atoms with Crippen molar-refractivity contribution >= 4 is 10.0 Å². The summed E-state index contributed by atoms with van der Waals surface area (Å²) in [6.07, 6.45) is 0.345. The summed E-state index contributed by atoms with van der Waals surface area (Å²) in [6, 6.07) is 5.33. The van der Waals surface area contributed by atoms with E-state index in [4.69, 9.17) is 4.74 Å². The zero-order valence-electron chi connectivity index (χ0n) is 12.8. The SMILES string of the molecule is O=S(=O)(c1ccccc1F)N1CC[C@@](O)(CN2CCOCC2)C1. The Morgan fingerprint density at radius 1 is 1.22 bits per heavy atom. The first kappa shape index (κ1) is 16.8. The molecule has 0 aliphatic carbocycles. The van der Waals surface area contributed by atoms with E-state index in [1.54, 1.807) is 0 Å². The third kappa shape index (κ3) is 3.56. The van der Waals surface area contributed by atoms with Crippen molar-refractivity contribution in [3.63, 3.8) is 0 Å². The van der Waals surface area contributed by atoms with Gasteiger partial charge in [0, 0.05) is 32.7 Å². The van der Waals surface area contributed by atoms with Crippen LogP contribution in [0.4, 0.5) is 4.39 Å². The smallest absolute Gasteiger partial charge is 0.246 e. The molecule has 6 nitrogen and oxygen atoms in total. The molecule has 2 fully saturated rings. The van der Waals surface area contributed by atoms with Crippen molar-refractivity contribution in [1.82, 2.24) is 9.21 Å². The van der Waals surface area contributed by atoms with Gasteiger partial charge in [-0.2, -0.15) is 4.31 Å². The Morgan fingerprint density at radius 2 is 1.91 bits per heavy atom. The topological polar surface area (TPSA) is 70.1 Å². The van der Waals surface area contributed by atoms with Gasteiger partial charge >= 0.3 is 0 Å². The molecule has 1 atom stereocenters. The van der Waals surface area contributed by atoms with E-state index < -0.39 is 21.4 Å². The van der Waals surface area contributed by atoms with Crippen LogP contribution in [0.15, 0.2) is 29.2 Å². The maximum Gasteiger partial charge on any atom is 0.246 e. The van der Waals surface area contributed by atoms with Gasteiger partial charge in [0.05, 0.1) is 18.8 Å². The van der Waals surface area contributed by atoms with E-state index in [0.29, 0.717) is 26.2 Å². The van der Waals surface area contributed by atoms with Crippen LogP contribution in [-0.4, -0.2) is 74.3 Å². The number of ether oxygens (including phenoxy) is 1. The van der Waals surface area contributed by atoms with Gasteiger partial charge in [-0.3, -0.25) is 4.90 Å². The van der Waals surface area contributed by atoms with E-state index in [2.05, 4.69) is 4.90 Å². The molecule has 3 rings (SSSR count). The molecule has 2 saturated heterocycles. The van der Waals surface area contributed by atoms with Crippen LogP contribution in [-0.2, 0) is 14.8 Å². The van der Waals surface area contributed by atoms with E-state index in [9.17, 15) is 17.9 Å². The summed E-state index contributed by atoms with van der Waals surface area (Å²) < 4.78 is 45.4. The molecular weight excluding hydrogens is 323 g/mol. The third-order valence-electron chi connectivity index (χ3n) is 4.37. The molecule has 0 saturated carbocycles. The van der Waals surface area contributed by atoms with E-state index in [-0.39, 0.29) is 18.0 Å². The summed E-state index contributed by atoms with van der Waals surface area (Å²) in [5, 5.41) is 10.7. The highest BCUT2D eigenvalue weighted by Crippen LogP contribution is 2.29. The normalized spacial score (nSPS) is 27.4. The highest BCUT2D eigenvalue weighted by molar-refractivity contribution is 7.89. The minimum absolute atomic E-state index is 0.0129. The maximum absolute atomic E-state index is 13.8. The first-order chi connectivity index (χ1) is 10.9. The number of β-amino-alcohol motifs (C(OH)–C–C–N with tert-alkyl or cyclic N) is 1. The maximum atomic E-state index is 13.8. The standard InChI is InChI=1S/C15H21FN2O4S/c16-13-3-1-2-4-14(13)23(20,21)18-6-5-15(19,12-18)11-17-7-9-22-10-8-17/h1-4,19H,5-12H2/t15-/m1/s1. The van der Waals surface area contributed by atoms with Gasteiger partial charge in [0.15, 0.2) is 0 Å². The molecule has 0 radical (unpaired) electrons. The minimum Gasteiger partial charge on any atom is -0.387 e. The zero-order valence-corrected chi connectivity index (χ0v) is 13.6. The van der Waals surface area contributed by atoms with Gasteiger partial charge in [-0.15, -0.1) is 0 Å². The van der Waals surface area contributed by atoms with Crippen LogP contribution in [0.1, 0.15) is 6.42 Å². The van der Waals surface area contributed by atoms with Crippen LogP contribution < -0.4 is 0 Å². The van der Waals surface area contributed by atoms with E-state index >= 15 is 0 Å². The molecule has 2 aliphatic rings. The number of hydrogen-bond acceptors (Lipinski definition) is 5. The number of morpholine rings is 1. The van der Waals surface area contributed by atoms with Gasteiger partial charge in [0.2, 0.25) is 10.0 Å². The fraction of sp³-hybridized carbons (Fsp3) is 0.600. The van der Waals surface area contributed by atoms with Gasteiger partial charge < -0.3 is 9.84 Å². The number of benzene rings is 1. The summed E-state index contributed by atoms with van der Waals surface area (Å²) in [4.78, 5) is 1.73. The molecule has 8 heteroatoms. The number of sulfonamides is 1. The Hall–Kier alpha value is -1.06. The predicted molar refractivity (Wildman–Crippen MR) is 82.0 cm³/mol. The second kappa shape index (κ2) is 6.45. The Kier molecular flexibility index (Phi) is 4.70. The third-order valence-corrected chi connectivity index (χ3v) is 6.25. The Morgan fingerprint density at radius 3 is 2.61 bits per heavy atom. The average molecular weight is 344 g/mol. The molecule has 0 bridgehead atoms. The minimum atomic E-state index is -3.93. The lowest BCUT2D eigenvalue weighted by molar-refractivity contribution is -0.0239. The predicted octanol–water partition coefficient (Wildman–Crippen LogP) is 0.283. The fourth-order valence-electron chi connectivity index (χ4n) is 3.12. The van der Waals surface area contributed by atoms with Crippen LogP contribution >= 0.6 is 0 Å². The van der Waals surface area contributed by atoms with Crippen molar-refractivity contribution in [3.05, 3.63) is 30.1 Å². The average Bonchev–Trinajstić information content (AvgIpc) is 2.91. The molecule has 0 aromatic heterocycles. The molecule has 128 valence electrons. The molecular formula is C15H21FN2O4S. The van der Waals surface area contributed by atoms with Gasteiger partial charge in [0.1, 0.15) is 10.7 Å². The quantitative estimate of drug-likeness (QED) is 0.850. The number of aliphatic hydroxyl groups is 1. The van der Waals surface area contributed by atoms with Crippen molar-refractivity contribution in [1.29, 1.82) is 0 Å². The summed E-state index contributed by atoms with van der Waals surface area (Å²) in [6.45, 7) is 3.27. The molecule has 2 heterocycles. The Labute approximate surface area is 135 Å². The lowest BCUT2D eigenvalue weighted by Crippen LogP contribution is -2.49. The van der Waals surface area contributed by atoms with Gasteiger partial charge in [-0.25, -0.2) is 12.8 Å². The van der Waals surface area contributed by atoms with Crippen LogP contribution in [0.25, 0.3) is 0 Å². The molecule has 0 amide bonds. The van der Waals surface area contributed by atoms with Crippen molar-refractivity contribution in [2.24, 2.45) is 0 Å². The first-order valence-electron chi connectivity index (χ1n) is 7.68. The Bertz CT molecular complexity index is 663. The van der Waals surface area contributed by atoms with Crippen molar-refractivity contribution in [3.8, 4) is 0 Å². The summed E-state index contributed by atoms with van der Waals surface area (Å²) >= 11 is 0. The lowest BCUT2D eigenvalue weighted by atomic mass is 10.0. The number of hydrogen-bond donors (Lipinski definition) is 1. The van der Waals surface area contributed by atoms with E-state index in [1.807, 2.05) is 0 Å². The van der Waals surface area contributed by atoms with Crippen LogP contribution in [0.3, 0.4) is 0 Å². The monoisotopic (exact) mass is 344 g/mol. The lowest BCUT2D eigenvalue weighted by Gasteiger charge is -2.33. The van der Waals surface area contributed by atoms with Crippen LogP contribution in [0.2, 0.25) is 0 Å². The first-order valence-corrected chi connectivity index (χ1v) is 9.12. The second-order valence-electron chi connectivity index (χ2n) is 6.13. The molecule has 1 aromatic carbocycles. The molecule has 1 aromatic rings. The second-order valence-corrected chi connectivity index (χ2v) is 8.04. The van der Waals surface area contributed by atoms with Gasteiger partial charge in [-0.05, 0) is 18.6 Å². The van der Waals surface area contributed by atoms with Crippen molar-refractivity contribution < 1.29 is 22.7 Å². The van der Waals surface area contributed by atoms with Gasteiger partial charge in [-0.1, -0.05) is 12.1 Å². The van der Waals surface area contributed by atoms with Crippen LogP contribution in [0, 0.1) is 5.82 Å². The van der Waals surface area contributed by atoms with E-state index in [1.165, 1.54) is 22.5 Å². The molecule has 23 heavy (non-hydrogen) atoms. The fourth-order valence-corrected chi connectivity index (χ4v) is 4.71. The zero-order chi connectivity index (χ0) is 16.5. The highest BCUT2D eigenvalue weighted by Gasteiger charge is 2.43. The highest BCUT2D eigenvalue weighted by atomic mass is 32.2. The molecule has 0 spiro atoms. The molecule has 1 N–H and O–H groups in total. The summed E-state index contributed by atoms with van der Waals surface area (Å²) in [7, 11) is -3.93. The molecule has 0 unspecified atom stereocenters. The van der Waals surface area contributed by atoms with Gasteiger partial charge in [0.25, 0.3) is 0 Å². The molecule has 2 aliphatic heterocycles. The Balaban J connectivity index is 1.72.